The Morgan fingerprint density at radius 3 is 2.31 bits per heavy atom. The molecular formula is C9H14N2OS. The van der Waals surface area contributed by atoms with Gasteiger partial charge in [0.1, 0.15) is 6.07 Å². The third kappa shape index (κ3) is 7.32. The van der Waals surface area contributed by atoms with Gasteiger partial charge in [-0.3, -0.25) is 4.98 Å². The number of aromatic nitrogens is 1. The SMILES string of the molecule is CCC.N#Cc1cncc(S)c1.O. The summed E-state index contributed by atoms with van der Waals surface area (Å²) < 4.78 is 0. The normalized spacial score (nSPS) is 7.23. The van der Waals surface area contributed by atoms with Gasteiger partial charge in [0.25, 0.3) is 0 Å². The Balaban J connectivity index is 0. The first-order chi connectivity index (χ1) is 5.74. The van der Waals surface area contributed by atoms with Crippen LogP contribution in [0.25, 0.3) is 0 Å². The van der Waals surface area contributed by atoms with Crippen molar-refractivity contribution in [2.45, 2.75) is 25.2 Å². The first-order valence-electron chi connectivity index (χ1n) is 3.78. The van der Waals surface area contributed by atoms with Gasteiger partial charge in [-0.1, -0.05) is 20.3 Å². The summed E-state index contributed by atoms with van der Waals surface area (Å²) in [4.78, 5) is 4.47. The summed E-state index contributed by atoms with van der Waals surface area (Å²) in [5.41, 5.74) is 0.544. The fourth-order valence-electron chi connectivity index (χ4n) is 0.489. The van der Waals surface area contributed by atoms with Crippen LogP contribution in [0.5, 0.6) is 0 Å². The van der Waals surface area contributed by atoms with E-state index < -0.39 is 0 Å². The van der Waals surface area contributed by atoms with E-state index in [0.717, 1.165) is 0 Å². The number of nitriles is 1. The van der Waals surface area contributed by atoms with E-state index in [2.05, 4.69) is 31.5 Å². The topological polar surface area (TPSA) is 68.2 Å². The maximum atomic E-state index is 8.34. The van der Waals surface area contributed by atoms with Gasteiger partial charge in [0.2, 0.25) is 0 Å². The summed E-state index contributed by atoms with van der Waals surface area (Å²) in [6.45, 7) is 4.25. The van der Waals surface area contributed by atoms with Gasteiger partial charge in [0.05, 0.1) is 5.56 Å². The van der Waals surface area contributed by atoms with E-state index in [-0.39, 0.29) is 5.48 Å². The molecule has 13 heavy (non-hydrogen) atoms. The van der Waals surface area contributed by atoms with Gasteiger partial charge in [-0.2, -0.15) is 5.26 Å². The summed E-state index contributed by atoms with van der Waals surface area (Å²) in [6.07, 6.45) is 4.34. The Bertz CT molecular complexity index is 271. The molecule has 0 saturated heterocycles. The van der Waals surface area contributed by atoms with Crippen LogP contribution in [0.1, 0.15) is 25.8 Å². The molecule has 1 aromatic heterocycles. The van der Waals surface area contributed by atoms with E-state index in [0.29, 0.717) is 10.5 Å². The minimum Gasteiger partial charge on any atom is -0.412 e. The molecule has 0 aliphatic rings. The van der Waals surface area contributed by atoms with Gasteiger partial charge in [-0.15, -0.1) is 12.6 Å². The van der Waals surface area contributed by atoms with Crippen molar-refractivity contribution in [1.82, 2.24) is 4.98 Å². The van der Waals surface area contributed by atoms with Gasteiger partial charge in [-0.05, 0) is 6.07 Å². The summed E-state index contributed by atoms with van der Waals surface area (Å²) in [5.74, 6) is 0. The highest BCUT2D eigenvalue weighted by Gasteiger charge is 1.88. The Labute approximate surface area is 84.1 Å². The van der Waals surface area contributed by atoms with E-state index in [1.165, 1.54) is 12.6 Å². The molecule has 0 aliphatic heterocycles. The minimum atomic E-state index is 0. The Morgan fingerprint density at radius 2 is 2.00 bits per heavy atom. The molecule has 1 heterocycles. The molecule has 3 nitrogen and oxygen atoms in total. The van der Waals surface area contributed by atoms with E-state index in [1.807, 2.05) is 6.07 Å². The summed E-state index contributed by atoms with van der Waals surface area (Å²) in [5, 5.41) is 8.34. The minimum absolute atomic E-state index is 0. The second-order valence-corrected chi connectivity index (χ2v) is 2.77. The lowest BCUT2D eigenvalue weighted by Crippen LogP contribution is -1.76. The van der Waals surface area contributed by atoms with Gasteiger partial charge < -0.3 is 5.48 Å². The van der Waals surface area contributed by atoms with Crippen LogP contribution in [-0.4, -0.2) is 10.5 Å². The zero-order chi connectivity index (χ0) is 9.40. The van der Waals surface area contributed by atoms with Crippen molar-refractivity contribution >= 4 is 12.6 Å². The molecular weight excluding hydrogens is 184 g/mol. The first kappa shape index (κ1) is 14.5. The highest BCUT2D eigenvalue weighted by Crippen LogP contribution is 2.04. The largest absolute Gasteiger partial charge is 0.412 e. The smallest absolute Gasteiger partial charge is 0.101 e. The Kier molecular flexibility index (Phi) is 10.1. The van der Waals surface area contributed by atoms with Crippen molar-refractivity contribution in [2.24, 2.45) is 0 Å². The van der Waals surface area contributed by atoms with Crippen molar-refractivity contribution in [1.29, 1.82) is 5.26 Å². The van der Waals surface area contributed by atoms with Crippen molar-refractivity contribution in [3.8, 4) is 6.07 Å². The molecule has 72 valence electrons. The van der Waals surface area contributed by atoms with E-state index in [9.17, 15) is 0 Å². The number of rotatable bonds is 0. The molecule has 0 amide bonds. The molecule has 0 radical (unpaired) electrons. The zero-order valence-corrected chi connectivity index (χ0v) is 8.68. The second kappa shape index (κ2) is 9.04. The number of hydrogen-bond donors (Lipinski definition) is 1. The molecule has 2 N–H and O–H groups in total. The highest BCUT2D eigenvalue weighted by atomic mass is 32.1. The van der Waals surface area contributed by atoms with Gasteiger partial charge >= 0.3 is 0 Å². The molecule has 0 saturated carbocycles. The quantitative estimate of drug-likeness (QED) is 0.646. The van der Waals surface area contributed by atoms with Crippen molar-refractivity contribution < 1.29 is 5.48 Å². The van der Waals surface area contributed by atoms with Crippen molar-refractivity contribution in [2.75, 3.05) is 0 Å². The lowest BCUT2D eigenvalue weighted by Gasteiger charge is -1.87. The molecule has 0 bridgehead atoms. The van der Waals surface area contributed by atoms with Crippen LogP contribution in [-0.2, 0) is 0 Å². The fourth-order valence-corrected chi connectivity index (χ4v) is 0.695. The highest BCUT2D eigenvalue weighted by molar-refractivity contribution is 7.80. The summed E-state index contributed by atoms with van der Waals surface area (Å²) in [6, 6.07) is 3.62. The van der Waals surface area contributed by atoms with Crippen molar-refractivity contribution in [3.63, 3.8) is 0 Å². The lowest BCUT2D eigenvalue weighted by atomic mass is 10.3. The van der Waals surface area contributed by atoms with Gasteiger partial charge in [0.15, 0.2) is 0 Å². The van der Waals surface area contributed by atoms with Crippen molar-refractivity contribution in [3.05, 3.63) is 24.0 Å². The Morgan fingerprint density at radius 1 is 1.46 bits per heavy atom. The standard InChI is InChI=1S/C6H4N2S.C3H8.H2O/c7-2-5-1-6(9)4-8-3-5;1-3-2;/h1,3-4,9H;3H2,1-2H3;1H2. The predicted octanol–water partition coefficient (Wildman–Crippen LogP) is 1.83. The third-order valence-corrected chi connectivity index (χ3v) is 1.10. The maximum absolute atomic E-state index is 8.34. The zero-order valence-electron chi connectivity index (χ0n) is 7.78. The fraction of sp³-hybridized carbons (Fsp3) is 0.333. The van der Waals surface area contributed by atoms with Crippen LogP contribution in [0.4, 0.5) is 0 Å². The lowest BCUT2D eigenvalue weighted by molar-refractivity contribution is 0.824. The first-order valence-corrected chi connectivity index (χ1v) is 4.23. The van der Waals surface area contributed by atoms with E-state index >= 15 is 0 Å². The van der Waals surface area contributed by atoms with Crippen LogP contribution < -0.4 is 0 Å². The molecule has 0 unspecified atom stereocenters. The second-order valence-electron chi connectivity index (χ2n) is 2.25. The monoisotopic (exact) mass is 198 g/mol. The number of nitrogens with zero attached hydrogens (tertiary/aromatic N) is 2. The summed E-state index contributed by atoms with van der Waals surface area (Å²) >= 11 is 3.99. The average molecular weight is 198 g/mol. The molecule has 0 fully saturated rings. The molecule has 1 aromatic rings. The van der Waals surface area contributed by atoms with Crippen LogP contribution in [0.3, 0.4) is 0 Å². The summed E-state index contributed by atoms with van der Waals surface area (Å²) in [7, 11) is 0. The maximum Gasteiger partial charge on any atom is 0.101 e. The number of hydrogen-bond acceptors (Lipinski definition) is 3. The molecule has 0 aliphatic carbocycles. The van der Waals surface area contributed by atoms with E-state index in [4.69, 9.17) is 5.26 Å². The Hall–Kier alpha value is -1.05. The van der Waals surface area contributed by atoms with Gasteiger partial charge in [-0.25, -0.2) is 0 Å². The third-order valence-electron chi connectivity index (χ3n) is 0.853. The molecule has 1 rings (SSSR count). The molecule has 0 aromatic carbocycles. The van der Waals surface area contributed by atoms with Crippen LogP contribution in [0.15, 0.2) is 23.4 Å². The molecule has 0 spiro atoms. The number of thiol groups is 1. The van der Waals surface area contributed by atoms with Crippen LogP contribution in [0, 0.1) is 11.3 Å². The van der Waals surface area contributed by atoms with Gasteiger partial charge in [0, 0.05) is 17.3 Å². The van der Waals surface area contributed by atoms with Crippen LogP contribution in [0.2, 0.25) is 0 Å². The number of pyridine rings is 1. The molecule has 0 atom stereocenters. The average Bonchev–Trinajstić information content (AvgIpc) is 2.06. The predicted molar refractivity (Wildman–Crippen MR) is 55.8 cm³/mol. The van der Waals surface area contributed by atoms with E-state index in [1.54, 1.807) is 12.3 Å². The molecule has 4 heteroatoms. The van der Waals surface area contributed by atoms with Crippen LogP contribution >= 0.6 is 12.6 Å².